The first-order chi connectivity index (χ1) is 8.93. The molecule has 0 atom stereocenters. The number of hydrogen-bond donors (Lipinski definition) is 1. The van der Waals surface area contributed by atoms with Gasteiger partial charge in [0, 0.05) is 12.6 Å². The predicted molar refractivity (Wildman–Crippen MR) is 76.9 cm³/mol. The molecule has 0 unspecified atom stereocenters. The van der Waals surface area contributed by atoms with Gasteiger partial charge in [-0.05, 0) is 45.4 Å². The van der Waals surface area contributed by atoms with E-state index in [4.69, 9.17) is 10.5 Å². The summed E-state index contributed by atoms with van der Waals surface area (Å²) in [5.41, 5.74) is 6.51. The van der Waals surface area contributed by atoms with Crippen molar-refractivity contribution in [2.75, 3.05) is 6.54 Å². The molecular formula is C15H24N2O2. The van der Waals surface area contributed by atoms with E-state index < -0.39 is 0 Å². The van der Waals surface area contributed by atoms with Crippen molar-refractivity contribution in [1.82, 2.24) is 4.90 Å². The first kappa shape index (κ1) is 15.5. The Morgan fingerprint density at radius 3 is 2.21 bits per heavy atom. The topological polar surface area (TPSA) is 55.6 Å². The van der Waals surface area contributed by atoms with Crippen LogP contribution in [0.2, 0.25) is 0 Å². The molecule has 0 spiro atoms. The van der Waals surface area contributed by atoms with Crippen LogP contribution in [-0.2, 0) is 11.3 Å². The van der Waals surface area contributed by atoms with Gasteiger partial charge in [0.05, 0.1) is 12.6 Å². The van der Waals surface area contributed by atoms with E-state index in [1.165, 1.54) is 0 Å². The molecule has 0 bridgehead atoms. The third kappa shape index (κ3) is 4.91. The third-order valence-corrected chi connectivity index (χ3v) is 2.77. The lowest BCUT2D eigenvalue weighted by Gasteiger charge is -2.26. The lowest BCUT2D eigenvalue weighted by molar-refractivity contribution is -0.132. The van der Waals surface area contributed by atoms with Gasteiger partial charge in [-0.3, -0.25) is 4.79 Å². The second-order valence-corrected chi connectivity index (χ2v) is 5.13. The zero-order valence-electron chi connectivity index (χ0n) is 12.2. The Hall–Kier alpha value is -1.55. The molecule has 0 aliphatic heterocycles. The lowest BCUT2D eigenvalue weighted by atomic mass is 10.1. The van der Waals surface area contributed by atoms with Crippen molar-refractivity contribution in [3.8, 4) is 5.75 Å². The van der Waals surface area contributed by atoms with Gasteiger partial charge >= 0.3 is 0 Å². The van der Waals surface area contributed by atoms with Crippen molar-refractivity contribution in [2.45, 2.75) is 46.4 Å². The summed E-state index contributed by atoms with van der Waals surface area (Å²) >= 11 is 0. The van der Waals surface area contributed by atoms with Crippen LogP contribution in [0.15, 0.2) is 24.3 Å². The van der Waals surface area contributed by atoms with Gasteiger partial charge < -0.3 is 15.4 Å². The third-order valence-electron chi connectivity index (χ3n) is 2.77. The highest BCUT2D eigenvalue weighted by Crippen LogP contribution is 2.16. The maximum absolute atomic E-state index is 11.7. The molecule has 106 valence electrons. The fourth-order valence-corrected chi connectivity index (χ4v) is 1.82. The fraction of sp³-hybridized carbons (Fsp3) is 0.533. The molecule has 0 aliphatic rings. The van der Waals surface area contributed by atoms with Crippen LogP contribution in [0, 0.1) is 0 Å². The predicted octanol–water partition coefficient (Wildman–Crippen LogP) is 2.17. The molecule has 1 amide bonds. The minimum Gasteiger partial charge on any atom is -0.491 e. The first-order valence-corrected chi connectivity index (χ1v) is 6.69. The largest absolute Gasteiger partial charge is 0.491 e. The molecule has 0 radical (unpaired) electrons. The van der Waals surface area contributed by atoms with Crippen LogP contribution in [-0.4, -0.2) is 29.5 Å². The van der Waals surface area contributed by atoms with Gasteiger partial charge in [0.15, 0.2) is 0 Å². The average molecular weight is 264 g/mol. The van der Waals surface area contributed by atoms with Gasteiger partial charge in [0.2, 0.25) is 5.91 Å². The number of ether oxygens (including phenoxy) is 1. The van der Waals surface area contributed by atoms with Gasteiger partial charge in [-0.2, -0.15) is 0 Å². The number of nitrogens with two attached hydrogens (primary N) is 1. The minimum atomic E-state index is -0.0301. The van der Waals surface area contributed by atoms with Crippen LogP contribution in [0.3, 0.4) is 0 Å². The molecule has 19 heavy (non-hydrogen) atoms. The monoisotopic (exact) mass is 264 g/mol. The van der Waals surface area contributed by atoms with Crippen LogP contribution in [0.5, 0.6) is 5.75 Å². The smallest absolute Gasteiger partial charge is 0.236 e. The van der Waals surface area contributed by atoms with Crippen molar-refractivity contribution in [2.24, 2.45) is 5.73 Å². The molecule has 1 aromatic rings. The molecule has 1 rings (SSSR count). The molecule has 2 N–H and O–H groups in total. The fourth-order valence-electron chi connectivity index (χ4n) is 1.82. The molecule has 4 nitrogen and oxygen atoms in total. The zero-order chi connectivity index (χ0) is 14.4. The van der Waals surface area contributed by atoms with Gasteiger partial charge in [0.25, 0.3) is 0 Å². The summed E-state index contributed by atoms with van der Waals surface area (Å²) in [5.74, 6) is 0.817. The first-order valence-electron chi connectivity index (χ1n) is 6.69. The number of nitrogens with zero attached hydrogens (tertiary/aromatic N) is 1. The Labute approximate surface area is 115 Å². The summed E-state index contributed by atoms with van der Waals surface area (Å²) in [7, 11) is 0. The average Bonchev–Trinajstić information content (AvgIpc) is 2.36. The van der Waals surface area contributed by atoms with Gasteiger partial charge in [-0.25, -0.2) is 0 Å². The summed E-state index contributed by atoms with van der Waals surface area (Å²) in [6, 6.07) is 7.97. The van der Waals surface area contributed by atoms with Crippen LogP contribution in [0.1, 0.15) is 33.3 Å². The van der Waals surface area contributed by atoms with Gasteiger partial charge in [-0.1, -0.05) is 12.1 Å². The quantitative estimate of drug-likeness (QED) is 0.856. The van der Waals surface area contributed by atoms with E-state index in [-0.39, 0.29) is 24.6 Å². The van der Waals surface area contributed by atoms with Crippen molar-refractivity contribution < 1.29 is 9.53 Å². The van der Waals surface area contributed by atoms with Crippen molar-refractivity contribution in [3.05, 3.63) is 29.8 Å². The van der Waals surface area contributed by atoms with E-state index in [0.717, 1.165) is 11.3 Å². The Morgan fingerprint density at radius 2 is 1.79 bits per heavy atom. The summed E-state index contributed by atoms with van der Waals surface area (Å²) in [6.07, 6.45) is 0.164. The number of benzene rings is 1. The highest BCUT2D eigenvalue weighted by Gasteiger charge is 2.15. The standard InChI is InChI=1S/C15H24N2O2/c1-11(2)17(15(18)9-16)10-13-5-7-14(8-6-13)19-12(3)4/h5-8,11-12H,9-10,16H2,1-4H3. The Bertz CT molecular complexity index is 399. The second kappa shape index (κ2) is 7.14. The van der Waals surface area contributed by atoms with E-state index in [9.17, 15) is 4.79 Å². The molecule has 0 heterocycles. The summed E-state index contributed by atoms with van der Waals surface area (Å²) in [4.78, 5) is 13.5. The number of carbonyl (C=O) groups is 1. The van der Waals surface area contributed by atoms with Crippen LogP contribution >= 0.6 is 0 Å². The van der Waals surface area contributed by atoms with Gasteiger partial charge in [-0.15, -0.1) is 0 Å². The minimum absolute atomic E-state index is 0.0301. The Kier molecular flexibility index (Phi) is 5.83. The molecule has 0 saturated heterocycles. The second-order valence-electron chi connectivity index (χ2n) is 5.13. The Morgan fingerprint density at radius 1 is 1.21 bits per heavy atom. The molecule has 0 aromatic heterocycles. The molecule has 1 aromatic carbocycles. The number of carbonyl (C=O) groups excluding carboxylic acids is 1. The highest BCUT2D eigenvalue weighted by atomic mass is 16.5. The molecule has 4 heteroatoms. The summed E-state index contributed by atoms with van der Waals surface area (Å²) < 4.78 is 5.59. The SMILES string of the molecule is CC(C)Oc1ccc(CN(C(=O)CN)C(C)C)cc1. The number of rotatable bonds is 6. The molecule has 0 aliphatic carbocycles. The van der Waals surface area contributed by atoms with Crippen LogP contribution < -0.4 is 10.5 Å². The van der Waals surface area contributed by atoms with E-state index in [1.54, 1.807) is 4.90 Å². The van der Waals surface area contributed by atoms with Crippen LogP contribution in [0.25, 0.3) is 0 Å². The lowest BCUT2D eigenvalue weighted by Crippen LogP contribution is -2.40. The normalized spacial score (nSPS) is 10.9. The van der Waals surface area contributed by atoms with Crippen LogP contribution in [0.4, 0.5) is 0 Å². The van der Waals surface area contributed by atoms with E-state index >= 15 is 0 Å². The maximum atomic E-state index is 11.7. The van der Waals surface area contributed by atoms with E-state index in [2.05, 4.69) is 0 Å². The van der Waals surface area contributed by atoms with Crippen molar-refractivity contribution in [3.63, 3.8) is 0 Å². The molecule has 0 saturated carbocycles. The number of amides is 1. The maximum Gasteiger partial charge on any atom is 0.236 e. The molecule has 0 fully saturated rings. The molecular weight excluding hydrogens is 240 g/mol. The number of hydrogen-bond acceptors (Lipinski definition) is 3. The zero-order valence-corrected chi connectivity index (χ0v) is 12.2. The van der Waals surface area contributed by atoms with E-state index in [0.29, 0.717) is 6.54 Å². The summed E-state index contributed by atoms with van der Waals surface area (Å²) in [6.45, 7) is 8.60. The Balaban J connectivity index is 2.72. The van der Waals surface area contributed by atoms with E-state index in [1.807, 2.05) is 52.0 Å². The van der Waals surface area contributed by atoms with Crippen molar-refractivity contribution in [1.29, 1.82) is 0 Å². The van der Waals surface area contributed by atoms with Gasteiger partial charge in [0.1, 0.15) is 5.75 Å². The van der Waals surface area contributed by atoms with Crippen molar-refractivity contribution >= 4 is 5.91 Å². The summed E-state index contributed by atoms with van der Waals surface area (Å²) in [5, 5.41) is 0. The highest BCUT2D eigenvalue weighted by molar-refractivity contribution is 5.78.